The number of rotatable bonds is 4. The second kappa shape index (κ2) is 5.81. The first kappa shape index (κ1) is 13.7. The Morgan fingerprint density at radius 3 is 2.88 bits per heavy atom. The average Bonchev–Trinajstić information content (AvgIpc) is 2.20. The van der Waals surface area contributed by atoms with Gasteiger partial charge in [-0.3, -0.25) is 4.79 Å². The van der Waals surface area contributed by atoms with Crippen molar-refractivity contribution in [2.45, 2.75) is 19.9 Å². The summed E-state index contributed by atoms with van der Waals surface area (Å²) in [5.74, 6) is 0.710. The van der Waals surface area contributed by atoms with Crippen molar-refractivity contribution in [3.05, 3.63) is 10.7 Å². The van der Waals surface area contributed by atoms with E-state index in [1.807, 2.05) is 13.8 Å². The molecule has 0 atom stereocenters. The number of nitrogens with two attached hydrogens (primary N) is 1. The minimum Gasteiger partial charge on any atom is -0.368 e. The Bertz CT molecular complexity index is 410. The number of likely N-dealkylation sites (N-methyl/N-ethyl adjacent to an activating group) is 1. The SMILES string of the molecule is CC(C)NC(=O)CN(C)c1nc(N)ncc1Br. The van der Waals surface area contributed by atoms with Crippen molar-refractivity contribution in [1.29, 1.82) is 0 Å². The standard InChI is InChI=1S/C10H16BrN5O/c1-6(2)14-8(17)5-16(3)9-7(11)4-13-10(12)15-9/h4,6H,5H2,1-3H3,(H,14,17)(H2,12,13,15). The van der Waals surface area contributed by atoms with Crippen LogP contribution < -0.4 is 16.0 Å². The molecule has 17 heavy (non-hydrogen) atoms. The fourth-order valence-corrected chi connectivity index (χ4v) is 1.79. The zero-order valence-electron chi connectivity index (χ0n) is 10.1. The van der Waals surface area contributed by atoms with Gasteiger partial charge >= 0.3 is 0 Å². The molecule has 0 aromatic carbocycles. The first-order valence-electron chi connectivity index (χ1n) is 5.18. The van der Waals surface area contributed by atoms with E-state index in [1.165, 1.54) is 0 Å². The number of hydrogen-bond acceptors (Lipinski definition) is 5. The Morgan fingerprint density at radius 1 is 1.65 bits per heavy atom. The van der Waals surface area contributed by atoms with Crippen molar-refractivity contribution in [1.82, 2.24) is 15.3 Å². The molecule has 0 spiro atoms. The summed E-state index contributed by atoms with van der Waals surface area (Å²) in [5.41, 5.74) is 5.51. The van der Waals surface area contributed by atoms with E-state index in [-0.39, 0.29) is 24.4 Å². The zero-order chi connectivity index (χ0) is 13.0. The van der Waals surface area contributed by atoms with Gasteiger partial charge in [-0.2, -0.15) is 4.98 Å². The maximum Gasteiger partial charge on any atom is 0.239 e. The number of nitrogens with one attached hydrogen (secondary N) is 1. The van der Waals surface area contributed by atoms with Crippen LogP contribution in [0.1, 0.15) is 13.8 Å². The lowest BCUT2D eigenvalue weighted by atomic mass is 10.4. The van der Waals surface area contributed by atoms with Gasteiger partial charge in [0.25, 0.3) is 0 Å². The van der Waals surface area contributed by atoms with Gasteiger partial charge in [0.1, 0.15) is 5.82 Å². The molecular weight excluding hydrogens is 286 g/mol. The van der Waals surface area contributed by atoms with E-state index < -0.39 is 0 Å². The van der Waals surface area contributed by atoms with E-state index in [4.69, 9.17) is 5.73 Å². The maximum atomic E-state index is 11.6. The molecule has 1 rings (SSSR count). The number of anilines is 2. The molecule has 0 fully saturated rings. The number of nitrogens with zero attached hydrogens (tertiary/aromatic N) is 3. The Hall–Kier alpha value is -1.37. The molecule has 0 saturated heterocycles. The van der Waals surface area contributed by atoms with Crippen LogP contribution in [-0.4, -0.2) is 35.5 Å². The molecule has 0 bridgehead atoms. The third-order valence-corrected chi connectivity index (χ3v) is 2.50. The number of carbonyl (C=O) groups excluding carboxylic acids is 1. The topological polar surface area (TPSA) is 84.1 Å². The van der Waals surface area contributed by atoms with Crippen LogP contribution in [0, 0.1) is 0 Å². The van der Waals surface area contributed by atoms with Gasteiger partial charge in [-0.25, -0.2) is 4.98 Å². The first-order valence-corrected chi connectivity index (χ1v) is 5.98. The first-order chi connectivity index (χ1) is 7.90. The van der Waals surface area contributed by atoms with Crippen LogP contribution in [0.4, 0.5) is 11.8 Å². The fourth-order valence-electron chi connectivity index (χ4n) is 1.30. The van der Waals surface area contributed by atoms with Crippen LogP contribution >= 0.6 is 15.9 Å². The number of nitrogen functional groups attached to an aromatic ring is 1. The predicted octanol–water partition coefficient (Wildman–Crippen LogP) is 0.782. The van der Waals surface area contributed by atoms with Gasteiger partial charge in [0.05, 0.1) is 11.0 Å². The van der Waals surface area contributed by atoms with Crippen molar-refractivity contribution in [2.75, 3.05) is 24.2 Å². The summed E-state index contributed by atoms with van der Waals surface area (Å²) in [7, 11) is 1.77. The van der Waals surface area contributed by atoms with E-state index in [2.05, 4.69) is 31.2 Å². The van der Waals surface area contributed by atoms with Crippen molar-refractivity contribution in [3.63, 3.8) is 0 Å². The van der Waals surface area contributed by atoms with Crippen LogP contribution in [-0.2, 0) is 4.79 Å². The molecule has 1 amide bonds. The summed E-state index contributed by atoms with van der Waals surface area (Å²) < 4.78 is 0.701. The minimum absolute atomic E-state index is 0.0633. The second-order valence-electron chi connectivity index (χ2n) is 3.98. The maximum absolute atomic E-state index is 11.6. The Labute approximate surface area is 109 Å². The monoisotopic (exact) mass is 301 g/mol. The molecule has 1 aromatic rings. The highest BCUT2D eigenvalue weighted by molar-refractivity contribution is 9.10. The number of halogens is 1. The fraction of sp³-hybridized carbons (Fsp3) is 0.500. The molecule has 0 aliphatic carbocycles. The zero-order valence-corrected chi connectivity index (χ0v) is 11.7. The predicted molar refractivity (Wildman–Crippen MR) is 70.7 cm³/mol. The second-order valence-corrected chi connectivity index (χ2v) is 4.83. The van der Waals surface area contributed by atoms with Crippen LogP contribution in [0.15, 0.2) is 10.7 Å². The number of hydrogen-bond donors (Lipinski definition) is 2. The Kier molecular flexibility index (Phi) is 4.68. The molecule has 0 unspecified atom stereocenters. The van der Waals surface area contributed by atoms with Gasteiger partial charge in [-0.1, -0.05) is 0 Å². The summed E-state index contributed by atoms with van der Waals surface area (Å²) >= 11 is 3.32. The molecule has 6 nitrogen and oxygen atoms in total. The molecule has 1 aromatic heterocycles. The molecule has 7 heteroatoms. The summed E-state index contributed by atoms with van der Waals surface area (Å²) in [4.78, 5) is 21.2. The van der Waals surface area contributed by atoms with Gasteiger partial charge in [-0.15, -0.1) is 0 Å². The lowest BCUT2D eigenvalue weighted by molar-refractivity contribution is -0.120. The van der Waals surface area contributed by atoms with E-state index >= 15 is 0 Å². The van der Waals surface area contributed by atoms with Crippen LogP contribution in [0.2, 0.25) is 0 Å². The highest BCUT2D eigenvalue weighted by Gasteiger charge is 2.13. The highest BCUT2D eigenvalue weighted by atomic mass is 79.9. The smallest absolute Gasteiger partial charge is 0.239 e. The van der Waals surface area contributed by atoms with Gasteiger partial charge in [0, 0.05) is 19.3 Å². The third-order valence-electron chi connectivity index (χ3n) is 1.94. The Balaban J connectivity index is 2.72. The lowest BCUT2D eigenvalue weighted by Crippen LogP contribution is -2.39. The van der Waals surface area contributed by atoms with Crippen molar-refractivity contribution < 1.29 is 4.79 Å². The molecule has 94 valence electrons. The van der Waals surface area contributed by atoms with Gasteiger partial charge in [-0.05, 0) is 29.8 Å². The van der Waals surface area contributed by atoms with Crippen molar-refractivity contribution in [2.24, 2.45) is 0 Å². The molecule has 0 aliphatic rings. The molecule has 0 radical (unpaired) electrons. The molecule has 0 saturated carbocycles. The van der Waals surface area contributed by atoms with E-state index in [9.17, 15) is 4.79 Å². The summed E-state index contributed by atoms with van der Waals surface area (Å²) in [5, 5.41) is 2.81. The number of aromatic nitrogens is 2. The Morgan fingerprint density at radius 2 is 2.29 bits per heavy atom. The number of amides is 1. The van der Waals surface area contributed by atoms with Crippen LogP contribution in [0.5, 0.6) is 0 Å². The molecule has 1 heterocycles. The summed E-state index contributed by atoms with van der Waals surface area (Å²) in [6, 6.07) is 0.120. The largest absolute Gasteiger partial charge is 0.368 e. The van der Waals surface area contributed by atoms with Crippen LogP contribution in [0.3, 0.4) is 0 Å². The van der Waals surface area contributed by atoms with E-state index in [0.717, 1.165) is 0 Å². The van der Waals surface area contributed by atoms with Gasteiger partial charge in [0.2, 0.25) is 11.9 Å². The number of carbonyl (C=O) groups is 1. The van der Waals surface area contributed by atoms with Gasteiger partial charge in [0.15, 0.2) is 0 Å². The van der Waals surface area contributed by atoms with Crippen LogP contribution in [0.25, 0.3) is 0 Å². The van der Waals surface area contributed by atoms with Gasteiger partial charge < -0.3 is 16.0 Å². The quantitative estimate of drug-likeness (QED) is 0.859. The van der Waals surface area contributed by atoms with Crippen molar-refractivity contribution >= 4 is 33.6 Å². The van der Waals surface area contributed by atoms with E-state index in [0.29, 0.717) is 10.3 Å². The average molecular weight is 302 g/mol. The minimum atomic E-state index is -0.0633. The summed E-state index contributed by atoms with van der Waals surface area (Å²) in [6.07, 6.45) is 1.56. The third kappa shape index (κ3) is 4.18. The van der Waals surface area contributed by atoms with E-state index in [1.54, 1.807) is 18.1 Å². The van der Waals surface area contributed by atoms with Crippen molar-refractivity contribution in [3.8, 4) is 0 Å². The lowest BCUT2D eigenvalue weighted by Gasteiger charge is -2.19. The molecular formula is C10H16BrN5O. The normalized spacial score (nSPS) is 10.4. The molecule has 3 N–H and O–H groups in total. The molecule has 0 aliphatic heterocycles. The highest BCUT2D eigenvalue weighted by Crippen LogP contribution is 2.22. The summed E-state index contributed by atoms with van der Waals surface area (Å²) in [6.45, 7) is 4.04.